The van der Waals surface area contributed by atoms with Crippen molar-refractivity contribution in [3.8, 4) is 0 Å². The number of rotatable bonds is 4. The molecule has 0 aromatic carbocycles. The Morgan fingerprint density at radius 1 is 1.38 bits per heavy atom. The summed E-state index contributed by atoms with van der Waals surface area (Å²) in [7, 11) is 2.72. The Hall–Kier alpha value is -2.78. The van der Waals surface area contributed by atoms with Crippen molar-refractivity contribution in [1.82, 2.24) is 19.6 Å². The van der Waals surface area contributed by atoms with Gasteiger partial charge in [-0.2, -0.15) is 19.0 Å². The first-order valence-electron chi connectivity index (χ1n) is 5.69. The zero-order valence-corrected chi connectivity index (χ0v) is 11.1. The van der Waals surface area contributed by atoms with Gasteiger partial charge in [0.15, 0.2) is 11.4 Å². The number of carbonyl (C=O) groups is 2. The number of amides is 1. The number of alkyl halides is 2. The van der Waals surface area contributed by atoms with Crippen molar-refractivity contribution < 1.29 is 23.1 Å². The van der Waals surface area contributed by atoms with Crippen LogP contribution in [0.25, 0.3) is 0 Å². The Morgan fingerprint density at radius 2 is 2.10 bits per heavy atom. The van der Waals surface area contributed by atoms with E-state index < -0.39 is 18.4 Å². The lowest BCUT2D eigenvalue weighted by Crippen LogP contribution is -2.16. The highest BCUT2D eigenvalue weighted by Gasteiger charge is 2.20. The van der Waals surface area contributed by atoms with Crippen LogP contribution in [0.1, 0.15) is 27.5 Å². The molecule has 0 aliphatic carbocycles. The Balaban J connectivity index is 2.21. The molecule has 21 heavy (non-hydrogen) atoms. The second-order valence-corrected chi connectivity index (χ2v) is 3.97. The van der Waals surface area contributed by atoms with Gasteiger partial charge < -0.3 is 10.1 Å². The molecule has 1 amide bonds. The van der Waals surface area contributed by atoms with Gasteiger partial charge in [-0.25, -0.2) is 9.48 Å². The summed E-state index contributed by atoms with van der Waals surface area (Å²) < 4.78 is 30.9. The lowest BCUT2D eigenvalue weighted by molar-refractivity contribution is 0.0560. The summed E-state index contributed by atoms with van der Waals surface area (Å²) in [5, 5.41) is 9.63. The fraction of sp³-hybridized carbons (Fsp3) is 0.273. The number of ether oxygens (including phenoxy) is 1. The van der Waals surface area contributed by atoms with Crippen molar-refractivity contribution in [3.05, 3.63) is 29.8 Å². The molecule has 10 heteroatoms. The van der Waals surface area contributed by atoms with Gasteiger partial charge in [-0.1, -0.05) is 0 Å². The van der Waals surface area contributed by atoms with Gasteiger partial charge in [-0.05, 0) is 6.07 Å². The van der Waals surface area contributed by atoms with Crippen LogP contribution in [0.2, 0.25) is 0 Å². The quantitative estimate of drug-likeness (QED) is 0.852. The highest BCUT2D eigenvalue weighted by atomic mass is 19.3. The van der Waals surface area contributed by atoms with Crippen LogP contribution in [0.5, 0.6) is 0 Å². The van der Waals surface area contributed by atoms with Crippen LogP contribution in [0.4, 0.5) is 14.5 Å². The summed E-state index contributed by atoms with van der Waals surface area (Å²) in [6.07, 6.45) is 2.36. The highest BCUT2D eigenvalue weighted by Crippen LogP contribution is 2.16. The first-order valence-corrected chi connectivity index (χ1v) is 5.69. The number of esters is 1. The third-order valence-corrected chi connectivity index (χ3v) is 2.50. The van der Waals surface area contributed by atoms with E-state index in [2.05, 4.69) is 20.3 Å². The summed E-state index contributed by atoms with van der Waals surface area (Å²) in [6, 6.07) is 1.13. The molecule has 0 aliphatic heterocycles. The minimum Gasteiger partial charge on any atom is -0.464 e. The summed E-state index contributed by atoms with van der Waals surface area (Å²) in [5.41, 5.74) is -0.211. The molecule has 1 N–H and O–H groups in total. The smallest absolute Gasteiger partial charge is 0.360 e. The molecule has 0 aliphatic rings. The normalized spacial score (nSPS) is 10.7. The fourth-order valence-electron chi connectivity index (χ4n) is 1.58. The van der Waals surface area contributed by atoms with Crippen LogP contribution in [0, 0.1) is 0 Å². The van der Waals surface area contributed by atoms with Crippen LogP contribution in [-0.2, 0) is 11.8 Å². The number of halogens is 2. The van der Waals surface area contributed by atoms with E-state index in [1.54, 1.807) is 7.05 Å². The summed E-state index contributed by atoms with van der Waals surface area (Å²) >= 11 is 0. The van der Waals surface area contributed by atoms with E-state index in [1.165, 1.54) is 18.0 Å². The molecule has 0 bridgehead atoms. The Kier molecular flexibility index (Phi) is 3.96. The second-order valence-electron chi connectivity index (χ2n) is 3.97. The van der Waals surface area contributed by atoms with E-state index >= 15 is 0 Å². The second kappa shape index (κ2) is 5.69. The SMILES string of the molecule is COC(=O)c1nn(C)cc1NC(=O)c1ccn(C(F)F)n1. The molecule has 0 saturated heterocycles. The Morgan fingerprint density at radius 3 is 2.67 bits per heavy atom. The Labute approximate surface area is 117 Å². The molecule has 0 spiro atoms. The Bertz CT molecular complexity index is 679. The van der Waals surface area contributed by atoms with Crippen LogP contribution in [0.15, 0.2) is 18.5 Å². The maximum atomic E-state index is 12.4. The third kappa shape index (κ3) is 3.04. The highest BCUT2D eigenvalue weighted by molar-refractivity contribution is 6.06. The maximum absolute atomic E-state index is 12.4. The van der Waals surface area contributed by atoms with Gasteiger partial charge in [-0.15, -0.1) is 0 Å². The maximum Gasteiger partial charge on any atom is 0.360 e. The van der Waals surface area contributed by atoms with Gasteiger partial charge in [0, 0.05) is 19.4 Å². The molecule has 0 fully saturated rings. The molecule has 2 aromatic rings. The number of carbonyl (C=O) groups excluding carboxylic acids is 2. The number of methoxy groups -OCH3 is 1. The van der Waals surface area contributed by atoms with Gasteiger partial charge in [0.05, 0.1) is 12.8 Å². The summed E-state index contributed by atoms with van der Waals surface area (Å²) in [4.78, 5) is 23.4. The number of anilines is 1. The van der Waals surface area contributed by atoms with Crippen molar-refractivity contribution in [2.45, 2.75) is 6.55 Å². The number of hydrogen-bond donors (Lipinski definition) is 1. The summed E-state index contributed by atoms with van der Waals surface area (Å²) in [5.74, 6) is -1.48. The van der Waals surface area contributed by atoms with Gasteiger partial charge in [-0.3, -0.25) is 9.48 Å². The number of hydrogen-bond acceptors (Lipinski definition) is 5. The molecule has 2 rings (SSSR count). The topological polar surface area (TPSA) is 91.0 Å². The zero-order valence-electron chi connectivity index (χ0n) is 11.1. The van der Waals surface area contributed by atoms with Crippen molar-refractivity contribution >= 4 is 17.6 Å². The van der Waals surface area contributed by atoms with Gasteiger partial charge >= 0.3 is 12.5 Å². The largest absolute Gasteiger partial charge is 0.464 e. The zero-order chi connectivity index (χ0) is 15.6. The third-order valence-electron chi connectivity index (χ3n) is 2.50. The minimum absolute atomic E-state index is 0.0957. The van der Waals surface area contributed by atoms with Crippen molar-refractivity contribution in [2.24, 2.45) is 7.05 Å². The molecule has 0 atom stereocenters. The summed E-state index contributed by atoms with van der Waals surface area (Å²) in [6.45, 7) is -2.84. The van der Waals surface area contributed by atoms with Crippen LogP contribution >= 0.6 is 0 Å². The lowest BCUT2D eigenvalue weighted by Gasteiger charge is -2.02. The van der Waals surface area contributed by atoms with Crippen molar-refractivity contribution in [2.75, 3.05) is 12.4 Å². The van der Waals surface area contributed by atoms with Crippen molar-refractivity contribution in [3.63, 3.8) is 0 Å². The molecule has 8 nitrogen and oxygen atoms in total. The molecular formula is C11H11F2N5O3. The first-order chi connectivity index (χ1) is 9.92. The molecule has 2 heterocycles. The van der Waals surface area contributed by atoms with Gasteiger partial charge in [0.2, 0.25) is 0 Å². The van der Waals surface area contributed by atoms with Crippen LogP contribution in [-0.4, -0.2) is 38.5 Å². The van der Waals surface area contributed by atoms with Gasteiger partial charge in [0.1, 0.15) is 0 Å². The monoisotopic (exact) mass is 299 g/mol. The molecule has 0 saturated carbocycles. The van der Waals surface area contributed by atoms with Crippen molar-refractivity contribution in [1.29, 1.82) is 0 Å². The average Bonchev–Trinajstić information content (AvgIpc) is 3.04. The lowest BCUT2D eigenvalue weighted by atomic mass is 10.3. The predicted octanol–water partition coefficient (Wildman–Crippen LogP) is 1.05. The number of aryl methyl sites for hydroxylation is 1. The van der Waals surface area contributed by atoms with E-state index in [0.717, 1.165) is 12.3 Å². The number of aromatic nitrogens is 4. The molecule has 0 radical (unpaired) electrons. The molecule has 2 aromatic heterocycles. The van der Waals surface area contributed by atoms with Crippen LogP contribution < -0.4 is 5.32 Å². The average molecular weight is 299 g/mol. The number of nitrogens with one attached hydrogen (secondary N) is 1. The van der Waals surface area contributed by atoms with E-state index in [-0.39, 0.29) is 17.1 Å². The van der Waals surface area contributed by atoms with E-state index in [9.17, 15) is 18.4 Å². The molecule has 112 valence electrons. The molecule has 0 unspecified atom stereocenters. The minimum atomic E-state index is -2.84. The van der Waals surface area contributed by atoms with E-state index in [0.29, 0.717) is 4.68 Å². The number of nitrogens with zero attached hydrogens (tertiary/aromatic N) is 4. The van der Waals surface area contributed by atoms with E-state index in [4.69, 9.17) is 0 Å². The first kappa shape index (κ1) is 14.6. The molecular weight excluding hydrogens is 288 g/mol. The fourth-order valence-corrected chi connectivity index (χ4v) is 1.58. The predicted molar refractivity (Wildman–Crippen MR) is 66.0 cm³/mol. The standard InChI is InChI=1S/C11H11F2N5O3/c1-17-5-7(8(16-17)10(20)21-2)14-9(19)6-3-4-18(15-6)11(12)13/h3-5,11H,1-2H3,(H,14,19). The van der Waals surface area contributed by atoms with Gasteiger partial charge in [0.25, 0.3) is 5.91 Å². The van der Waals surface area contributed by atoms with E-state index in [1.807, 2.05) is 0 Å². The van der Waals surface area contributed by atoms with Crippen LogP contribution in [0.3, 0.4) is 0 Å².